The molecule has 2 aliphatic heterocycles. The second-order valence-electron chi connectivity index (χ2n) is 8.31. The van der Waals surface area contributed by atoms with Crippen LogP contribution >= 0.6 is 0 Å². The smallest absolute Gasteiger partial charge is 0.265 e. The third kappa shape index (κ3) is 3.75. The van der Waals surface area contributed by atoms with Gasteiger partial charge in [0.15, 0.2) is 6.10 Å². The first-order valence-corrected chi connectivity index (χ1v) is 11.1. The van der Waals surface area contributed by atoms with E-state index in [2.05, 4.69) is 5.10 Å². The Morgan fingerprint density at radius 3 is 2.44 bits per heavy atom. The largest absolute Gasteiger partial charge is 0.476 e. The van der Waals surface area contributed by atoms with Crippen molar-refractivity contribution >= 4 is 17.5 Å². The maximum Gasteiger partial charge on any atom is 0.265 e. The number of carbonyl (C=O) groups excluding carboxylic acids is 2. The van der Waals surface area contributed by atoms with Gasteiger partial charge in [0.25, 0.3) is 11.8 Å². The Labute approximate surface area is 187 Å². The second kappa shape index (κ2) is 8.49. The summed E-state index contributed by atoms with van der Waals surface area (Å²) in [5, 5.41) is 4.32. The lowest BCUT2D eigenvalue weighted by Crippen LogP contribution is -2.52. The predicted molar refractivity (Wildman–Crippen MR) is 121 cm³/mol. The van der Waals surface area contributed by atoms with Crippen LogP contribution in [-0.2, 0) is 4.79 Å². The zero-order valence-electron chi connectivity index (χ0n) is 18.1. The quantitative estimate of drug-likeness (QED) is 0.637. The summed E-state index contributed by atoms with van der Waals surface area (Å²) in [5.41, 5.74) is 3.15. The van der Waals surface area contributed by atoms with E-state index in [-0.39, 0.29) is 18.4 Å². The van der Waals surface area contributed by atoms with Gasteiger partial charge in [-0.15, -0.1) is 0 Å². The Kier molecular flexibility index (Phi) is 5.39. The number of amides is 2. The average molecular weight is 431 g/mol. The third-order valence-electron chi connectivity index (χ3n) is 6.15. The van der Waals surface area contributed by atoms with Gasteiger partial charge in [-0.05, 0) is 68.7 Å². The van der Waals surface area contributed by atoms with E-state index in [0.29, 0.717) is 17.0 Å². The Balaban J connectivity index is 1.41. The van der Waals surface area contributed by atoms with E-state index in [1.165, 1.54) is 0 Å². The van der Waals surface area contributed by atoms with Crippen LogP contribution in [0.25, 0.3) is 5.69 Å². The summed E-state index contributed by atoms with van der Waals surface area (Å²) in [6.07, 6.45) is 4.23. The molecule has 1 atom stereocenters. The highest BCUT2D eigenvalue weighted by Crippen LogP contribution is 2.34. The molecule has 0 bridgehead atoms. The Bertz CT molecular complexity index is 1130. The van der Waals surface area contributed by atoms with E-state index in [0.717, 1.165) is 43.7 Å². The molecule has 32 heavy (non-hydrogen) atoms. The molecule has 5 rings (SSSR count). The normalized spacial score (nSPS) is 18.1. The van der Waals surface area contributed by atoms with Crippen molar-refractivity contribution in [3.63, 3.8) is 0 Å². The third-order valence-corrected chi connectivity index (χ3v) is 6.15. The fourth-order valence-electron chi connectivity index (χ4n) is 4.41. The van der Waals surface area contributed by atoms with Crippen LogP contribution in [0.2, 0.25) is 0 Å². The van der Waals surface area contributed by atoms with Crippen LogP contribution in [0.1, 0.15) is 35.3 Å². The van der Waals surface area contributed by atoms with E-state index in [1.54, 1.807) is 23.2 Å². The lowest BCUT2D eigenvalue weighted by Gasteiger charge is -2.37. The fraction of sp³-hybridized carbons (Fsp3) is 0.320. The van der Waals surface area contributed by atoms with Gasteiger partial charge in [0.05, 0.1) is 17.9 Å². The van der Waals surface area contributed by atoms with Crippen LogP contribution in [0.3, 0.4) is 0 Å². The number of aryl methyl sites for hydroxylation is 1. The van der Waals surface area contributed by atoms with E-state index in [9.17, 15) is 9.59 Å². The minimum Gasteiger partial charge on any atom is -0.476 e. The van der Waals surface area contributed by atoms with E-state index < -0.39 is 6.10 Å². The first-order valence-electron chi connectivity index (χ1n) is 11.1. The maximum atomic E-state index is 13.5. The molecular weight excluding hydrogens is 404 g/mol. The minimum absolute atomic E-state index is 0.0403. The van der Waals surface area contributed by atoms with Gasteiger partial charge in [-0.1, -0.05) is 12.1 Å². The lowest BCUT2D eigenvalue weighted by molar-refractivity contribution is -0.139. The zero-order chi connectivity index (χ0) is 22.1. The Hall–Kier alpha value is -3.61. The molecule has 1 unspecified atom stereocenters. The van der Waals surface area contributed by atoms with Gasteiger partial charge >= 0.3 is 0 Å². The van der Waals surface area contributed by atoms with Gasteiger partial charge < -0.3 is 14.5 Å². The molecule has 3 aromatic rings. The molecule has 3 heterocycles. The highest BCUT2D eigenvalue weighted by atomic mass is 16.5. The molecule has 164 valence electrons. The molecule has 0 aliphatic carbocycles. The minimum atomic E-state index is -0.696. The summed E-state index contributed by atoms with van der Waals surface area (Å²) in [5.74, 6) is 0.369. The summed E-state index contributed by atoms with van der Waals surface area (Å²) >= 11 is 0. The SMILES string of the molecule is Cc1ccnn1-c1ccc(C(=O)N2CC(C(=O)N3CCCCC3)Oc3ccccc32)cc1. The molecule has 1 fully saturated rings. The molecule has 1 aromatic heterocycles. The van der Waals surface area contributed by atoms with Crippen molar-refractivity contribution in [3.8, 4) is 11.4 Å². The van der Waals surface area contributed by atoms with Crippen molar-refractivity contribution in [1.29, 1.82) is 0 Å². The van der Waals surface area contributed by atoms with Gasteiger partial charge in [0.1, 0.15) is 5.75 Å². The monoisotopic (exact) mass is 430 g/mol. The standard InChI is InChI=1S/C25H26N4O3/c1-18-13-14-26-29(18)20-11-9-19(10-12-20)24(30)28-17-23(25(31)27-15-5-2-6-16-27)32-22-8-4-3-7-21(22)28/h3-4,7-14,23H,2,5-6,15-17H2,1H3. The summed E-state index contributed by atoms with van der Waals surface area (Å²) in [4.78, 5) is 30.2. The van der Waals surface area contributed by atoms with Crippen molar-refractivity contribution in [2.75, 3.05) is 24.5 Å². The molecule has 7 heteroatoms. The number of ether oxygens (including phenoxy) is 1. The van der Waals surface area contributed by atoms with Gasteiger partial charge in [-0.25, -0.2) is 4.68 Å². The van der Waals surface area contributed by atoms with E-state index >= 15 is 0 Å². The number of rotatable bonds is 3. The molecule has 2 aliphatic rings. The van der Waals surface area contributed by atoms with Crippen molar-refractivity contribution < 1.29 is 14.3 Å². The number of anilines is 1. The van der Waals surface area contributed by atoms with Crippen LogP contribution < -0.4 is 9.64 Å². The molecule has 0 radical (unpaired) electrons. The summed E-state index contributed by atoms with van der Waals surface area (Å²) < 4.78 is 7.87. The number of nitrogens with zero attached hydrogens (tertiary/aromatic N) is 4. The van der Waals surface area contributed by atoms with Gasteiger partial charge in [0, 0.05) is 30.5 Å². The second-order valence-corrected chi connectivity index (χ2v) is 8.31. The number of fused-ring (bicyclic) bond motifs is 1. The van der Waals surface area contributed by atoms with Crippen molar-refractivity contribution in [2.45, 2.75) is 32.3 Å². The number of aromatic nitrogens is 2. The maximum absolute atomic E-state index is 13.5. The summed E-state index contributed by atoms with van der Waals surface area (Å²) in [6, 6.07) is 16.7. The molecule has 0 spiro atoms. The summed E-state index contributed by atoms with van der Waals surface area (Å²) in [6.45, 7) is 3.69. The highest BCUT2D eigenvalue weighted by Gasteiger charge is 2.36. The number of likely N-dealkylation sites (tertiary alicyclic amines) is 1. The number of benzene rings is 2. The lowest BCUT2D eigenvalue weighted by atomic mass is 10.1. The predicted octanol–water partition coefficient (Wildman–Crippen LogP) is 3.60. The van der Waals surface area contributed by atoms with Crippen molar-refractivity contribution in [1.82, 2.24) is 14.7 Å². The van der Waals surface area contributed by atoms with Gasteiger partial charge in [-0.2, -0.15) is 5.10 Å². The Morgan fingerprint density at radius 2 is 1.72 bits per heavy atom. The fourth-order valence-corrected chi connectivity index (χ4v) is 4.41. The first-order chi connectivity index (χ1) is 15.6. The number of para-hydroxylation sites is 2. The Morgan fingerprint density at radius 1 is 0.969 bits per heavy atom. The average Bonchev–Trinajstić information content (AvgIpc) is 3.29. The first kappa shape index (κ1) is 20.3. The molecule has 0 saturated carbocycles. The number of hydrogen-bond acceptors (Lipinski definition) is 4. The molecule has 2 aromatic carbocycles. The molecule has 1 saturated heterocycles. The zero-order valence-corrected chi connectivity index (χ0v) is 18.1. The number of carbonyl (C=O) groups is 2. The van der Waals surface area contributed by atoms with Crippen LogP contribution in [0, 0.1) is 6.92 Å². The number of piperidine rings is 1. The summed E-state index contributed by atoms with van der Waals surface area (Å²) in [7, 11) is 0. The van der Waals surface area contributed by atoms with Crippen LogP contribution in [0.5, 0.6) is 5.75 Å². The van der Waals surface area contributed by atoms with Crippen LogP contribution in [0.4, 0.5) is 5.69 Å². The van der Waals surface area contributed by atoms with Crippen LogP contribution in [-0.4, -0.2) is 52.2 Å². The number of hydrogen-bond donors (Lipinski definition) is 0. The van der Waals surface area contributed by atoms with Crippen molar-refractivity contribution in [3.05, 3.63) is 72.1 Å². The molecule has 2 amide bonds. The topological polar surface area (TPSA) is 67.7 Å². The molecule has 7 nitrogen and oxygen atoms in total. The van der Waals surface area contributed by atoms with Gasteiger partial charge in [0.2, 0.25) is 0 Å². The molecule has 0 N–H and O–H groups in total. The molecular formula is C25H26N4O3. The van der Waals surface area contributed by atoms with Gasteiger partial charge in [-0.3, -0.25) is 9.59 Å². The highest BCUT2D eigenvalue weighted by molar-refractivity contribution is 6.08. The van der Waals surface area contributed by atoms with Crippen LogP contribution in [0.15, 0.2) is 60.8 Å². The van der Waals surface area contributed by atoms with E-state index in [1.807, 2.05) is 59.0 Å². The van der Waals surface area contributed by atoms with E-state index in [4.69, 9.17) is 4.74 Å². The van der Waals surface area contributed by atoms with Crippen molar-refractivity contribution in [2.24, 2.45) is 0 Å².